The van der Waals surface area contributed by atoms with E-state index in [4.69, 9.17) is 15.2 Å². The van der Waals surface area contributed by atoms with E-state index in [2.05, 4.69) is 19.8 Å². The third-order valence-electron chi connectivity index (χ3n) is 5.72. The van der Waals surface area contributed by atoms with Crippen molar-refractivity contribution in [2.75, 3.05) is 50.9 Å². The number of amides is 1. The van der Waals surface area contributed by atoms with E-state index >= 15 is 0 Å². The molecule has 0 spiro atoms. The minimum Gasteiger partial charge on any atom is -0.378 e. The summed E-state index contributed by atoms with van der Waals surface area (Å²) >= 11 is 1.44. The quantitative estimate of drug-likeness (QED) is 0.651. The van der Waals surface area contributed by atoms with Gasteiger partial charge >= 0.3 is 0 Å². The number of benzene rings is 1. The molecule has 2 aliphatic rings. The fourth-order valence-electron chi connectivity index (χ4n) is 4.20. The molecule has 1 aromatic carbocycles. The fraction of sp³-hybridized carbons (Fsp3) is 0.409. The first kappa shape index (κ1) is 20.3. The molecule has 0 bridgehead atoms. The smallest absolute Gasteiger partial charge is 0.259 e. The van der Waals surface area contributed by atoms with Gasteiger partial charge in [-0.2, -0.15) is 0 Å². The van der Waals surface area contributed by atoms with Crippen LogP contribution in [0.3, 0.4) is 0 Å². The molecule has 2 aromatic heterocycles. The number of nitrogens with two attached hydrogens (primary N) is 1. The monoisotopic (exact) mass is 439 g/mol. The molecule has 1 atom stereocenters. The van der Waals surface area contributed by atoms with Gasteiger partial charge in [-0.25, -0.2) is 9.97 Å². The summed E-state index contributed by atoms with van der Waals surface area (Å²) in [6, 6.07) is 8.01. The number of carbonyl (C=O) groups excluding carboxylic acids is 1. The van der Waals surface area contributed by atoms with Gasteiger partial charge in [0.25, 0.3) is 5.91 Å². The lowest BCUT2D eigenvalue weighted by molar-refractivity contribution is -0.0323. The zero-order chi connectivity index (χ0) is 21.2. The topological polar surface area (TPSA) is 93.8 Å². The predicted octanol–water partition coefficient (Wildman–Crippen LogP) is 2.20. The number of thiophene rings is 1. The molecule has 2 N–H and O–H groups in total. The fourth-order valence-corrected chi connectivity index (χ4v) is 5.31. The Labute approximate surface area is 184 Å². The zero-order valence-electron chi connectivity index (χ0n) is 17.2. The third kappa shape index (κ3) is 4.27. The standard InChI is InChI=1S/C22H25N5O3S/c23-21(28)20-19(16-3-1-2-4-18(16)31-20)17-14-26(5-10-30-17)13-15-11-24-22(25-12-15)27-6-8-29-9-7-27/h1-4,11-12,17H,5-10,13-14H2,(H2,23,28). The minimum atomic E-state index is -0.399. The number of primary amides is 1. The number of hydrogen-bond donors (Lipinski definition) is 1. The molecule has 2 aliphatic heterocycles. The van der Waals surface area contributed by atoms with E-state index < -0.39 is 5.91 Å². The highest BCUT2D eigenvalue weighted by Gasteiger charge is 2.29. The SMILES string of the molecule is NC(=O)c1sc2ccccc2c1C1CN(Cc2cnc(N3CCOCC3)nc2)CCO1. The molecule has 9 heteroatoms. The second-order valence-corrected chi connectivity index (χ2v) is 8.84. The number of rotatable bonds is 5. The van der Waals surface area contributed by atoms with Crippen LogP contribution < -0.4 is 10.6 Å². The molecule has 8 nitrogen and oxygen atoms in total. The maximum Gasteiger partial charge on any atom is 0.259 e. The van der Waals surface area contributed by atoms with Gasteiger partial charge in [0, 0.05) is 60.9 Å². The molecule has 31 heavy (non-hydrogen) atoms. The number of fused-ring (bicyclic) bond motifs is 1. The molecular weight excluding hydrogens is 414 g/mol. The molecule has 2 saturated heterocycles. The molecule has 2 fully saturated rings. The third-order valence-corrected chi connectivity index (χ3v) is 6.92. The molecule has 0 radical (unpaired) electrons. The first-order valence-corrected chi connectivity index (χ1v) is 11.3. The van der Waals surface area contributed by atoms with Crippen LogP contribution in [0.1, 0.15) is 26.9 Å². The average molecular weight is 440 g/mol. The number of ether oxygens (including phenoxy) is 2. The Morgan fingerprint density at radius 2 is 1.90 bits per heavy atom. The highest BCUT2D eigenvalue weighted by molar-refractivity contribution is 7.21. The van der Waals surface area contributed by atoms with E-state index in [0.717, 1.165) is 53.3 Å². The average Bonchev–Trinajstić information content (AvgIpc) is 3.20. The van der Waals surface area contributed by atoms with Crippen LogP contribution in [0.15, 0.2) is 36.7 Å². The van der Waals surface area contributed by atoms with Crippen LogP contribution in [0.5, 0.6) is 0 Å². The summed E-state index contributed by atoms with van der Waals surface area (Å²) in [6.45, 7) is 5.90. The summed E-state index contributed by atoms with van der Waals surface area (Å²) in [5.41, 5.74) is 7.66. The van der Waals surface area contributed by atoms with Crippen molar-refractivity contribution in [1.29, 1.82) is 0 Å². The van der Waals surface area contributed by atoms with Crippen LogP contribution in [-0.4, -0.2) is 66.8 Å². The van der Waals surface area contributed by atoms with Crippen molar-refractivity contribution in [3.05, 3.63) is 52.7 Å². The number of aromatic nitrogens is 2. The summed E-state index contributed by atoms with van der Waals surface area (Å²) in [5.74, 6) is 0.353. The first-order valence-electron chi connectivity index (χ1n) is 10.5. The van der Waals surface area contributed by atoms with Crippen LogP contribution >= 0.6 is 11.3 Å². The van der Waals surface area contributed by atoms with Crippen molar-refractivity contribution in [2.45, 2.75) is 12.6 Å². The Hall–Kier alpha value is -2.59. The van der Waals surface area contributed by atoms with E-state index in [9.17, 15) is 4.79 Å². The highest BCUT2D eigenvalue weighted by Crippen LogP contribution is 2.38. The lowest BCUT2D eigenvalue weighted by atomic mass is 10.0. The lowest BCUT2D eigenvalue weighted by Gasteiger charge is -2.33. The summed E-state index contributed by atoms with van der Waals surface area (Å²) in [6.07, 6.45) is 3.61. The van der Waals surface area contributed by atoms with Crippen molar-refractivity contribution in [3.63, 3.8) is 0 Å². The van der Waals surface area contributed by atoms with Gasteiger partial charge in [-0.3, -0.25) is 9.69 Å². The highest BCUT2D eigenvalue weighted by atomic mass is 32.1. The van der Waals surface area contributed by atoms with Crippen molar-refractivity contribution >= 4 is 33.3 Å². The maximum atomic E-state index is 12.1. The molecule has 5 rings (SSSR count). The Balaban J connectivity index is 1.32. The molecule has 3 aromatic rings. The largest absolute Gasteiger partial charge is 0.378 e. The molecule has 162 valence electrons. The summed E-state index contributed by atoms with van der Waals surface area (Å²) in [5, 5.41) is 1.05. The van der Waals surface area contributed by atoms with E-state index in [1.807, 2.05) is 36.7 Å². The van der Waals surface area contributed by atoms with Crippen LogP contribution in [0, 0.1) is 0 Å². The van der Waals surface area contributed by atoms with E-state index in [1.165, 1.54) is 11.3 Å². The van der Waals surface area contributed by atoms with Gasteiger partial charge < -0.3 is 20.1 Å². The predicted molar refractivity (Wildman–Crippen MR) is 119 cm³/mol. The first-order chi connectivity index (χ1) is 15.2. The Kier molecular flexibility index (Phi) is 5.82. The molecule has 1 unspecified atom stereocenters. The van der Waals surface area contributed by atoms with Crippen molar-refractivity contribution in [2.24, 2.45) is 5.73 Å². The van der Waals surface area contributed by atoms with Crippen LogP contribution in [0.2, 0.25) is 0 Å². The van der Waals surface area contributed by atoms with Gasteiger partial charge in [0.2, 0.25) is 5.95 Å². The van der Waals surface area contributed by atoms with E-state index in [1.54, 1.807) is 0 Å². The lowest BCUT2D eigenvalue weighted by Crippen LogP contribution is -2.38. The molecular formula is C22H25N5O3S. The van der Waals surface area contributed by atoms with Crippen LogP contribution in [0.25, 0.3) is 10.1 Å². The molecule has 0 aliphatic carbocycles. The van der Waals surface area contributed by atoms with E-state index in [-0.39, 0.29) is 6.10 Å². The Bertz CT molecular complexity index is 1060. The second-order valence-electron chi connectivity index (χ2n) is 7.79. The van der Waals surface area contributed by atoms with Gasteiger partial charge in [-0.1, -0.05) is 18.2 Å². The molecule has 4 heterocycles. The van der Waals surface area contributed by atoms with Crippen molar-refractivity contribution in [1.82, 2.24) is 14.9 Å². The number of anilines is 1. The Morgan fingerprint density at radius 3 is 2.68 bits per heavy atom. The van der Waals surface area contributed by atoms with Crippen molar-refractivity contribution in [3.8, 4) is 0 Å². The Morgan fingerprint density at radius 1 is 1.13 bits per heavy atom. The van der Waals surface area contributed by atoms with Crippen molar-refractivity contribution < 1.29 is 14.3 Å². The molecule has 1 amide bonds. The van der Waals surface area contributed by atoms with Gasteiger partial charge in [0.1, 0.15) is 0 Å². The summed E-state index contributed by atoms with van der Waals surface area (Å²) in [4.78, 5) is 26.3. The number of nitrogens with zero attached hydrogens (tertiary/aromatic N) is 4. The normalized spacial score (nSPS) is 20.3. The van der Waals surface area contributed by atoms with Gasteiger partial charge in [0.15, 0.2) is 0 Å². The molecule has 0 saturated carbocycles. The zero-order valence-corrected chi connectivity index (χ0v) is 18.0. The van der Waals surface area contributed by atoms with Crippen LogP contribution in [0.4, 0.5) is 5.95 Å². The summed E-state index contributed by atoms with van der Waals surface area (Å²) < 4.78 is 12.5. The van der Waals surface area contributed by atoms with Gasteiger partial charge in [0.05, 0.1) is 30.8 Å². The maximum absolute atomic E-state index is 12.1. The second kappa shape index (κ2) is 8.88. The minimum absolute atomic E-state index is 0.194. The van der Waals surface area contributed by atoms with E-state index in [0.29, 0.717) is 31.2 Å². The number of carbonyl (C=O) groups is 1. The van der Waals surface area contributed by atoms with Gasteiger partial charge in [-0.15, -0.1) is 11.3 Å². The summed E-state index contributed by atoms with van der Waals surface area (Å²) in [7, 11) is 0. The van der Waals surface area contributed by atoms with Crippen LogP contribution in [-0.2, 0) is 16.0 Å². The van der Waals surface area contributed by atoms with Gasteiger partial charge in [-0.05, 0) is 11.5 Å². The number of hydrogen-bond acceptors (Lipinski definition) is 8. The number of morpholine rings is 2.